The minimum Gasteiger partial charge on any atom is -0.492 e. The molecule has 0 spiro atoms. The van der Waals surface area contributed by atoms with Gasteiger partial charge in [0.15, 0.2) is 5.96 Å². The molecule has 6 nitrogen and oxygen atoms in total. The molecule has 0 heterocycles. The molecule has 0 aliphatic rings. The van der Waals surface area contributed by atoms with Crippen LogP contribution in [0.2, 0.25) is 5.02 Å². The van der Waals surface area contributed by atoms with E-state index in [-0.39, 0.29) is 18.0 Å². The maximum atomic E-state index is 11.7. The van der Waals surface area contributed by atoms with Crippen molar-refractivity contribution in [3.05, 3.63) is 29.3 Å². The van der Waals surface area contributed by atoms with Crippen LogP contribution in [0.3, 0.4) is 0 Å². The summed E-state index contributed by atoms with van der Waals surface area (Å²) < 4.78 is 5.56. The molecule has 7 heteroatoms. The van der Waals surface area contributed by atoms with E-state index in [4.69, 9.17) is 16.3 Å². The van der Waals surface area contributed by atoms with Crippen LogP contribution in [0.1, 0.15) is 20.8 Å². The Balaban J connectivity index is 2.25. The molecule has 1 rings (SSSR count). The van der Waals surface area contributed by atoms with Crippen LogP contribution in [0.5, 0.6) is 5.75 Å². The van der Waals surface area contributed by atoms with Crippen LogP contribution in [0.25, 0.3) is 0 Å². The first-order valence-electron chi connectivity index (χ1n) is 7.44. The third-order valence-corrected chi connectivity index (χ3v) is 2.85. The second kappa shape index (κ2) is 9.25. The highest BCUT2D eigenvalue weighted by molar-refractivity contribution is 6.30. The van der Waals surface area contributed by atoms with Crippen LogP contribution in [-0.4, -0.2) is 44.1 Å². The van der Waals surface area contributed by atoms with Gasteiger partial charge in [-0.05, 0) is 39.0 Å². The van der Waals surface area contributed by atoms with Gasteiger partial charge in [0.2, 0.25) is 5.91 Å². The number of ether oxygens (including phenoxy) is 1. The van der Waals surface area contributed by atoms with Crippen molar-refractivity contribution in [3.63, 3.8) is 0 Å². The van der Waals surface area contributed by atoms with Gasteiger partial charge in [-0.3, -0.25) is 9.79 Å². The number of guanidine groups is 1. The van der Waals surface area contributed by atoms with Gasteiger partial charge in [0.05, 0.1) is 13.1 Å². The van der Waals surface area contributed by atoms with Crippen LogP contribution in [0, 0.1) is 0 Å². The van der Waals surface area contributed by atoms with E-state index < -0.39 is 0 Å². The molecule has 0 unspecified atom stereocenters. The number of benzene rings is 1. The lowest BCUT2D eigenvalue weighted by Crippen LogP contribution is -2.48. The molecule has 0 radical (unpaired) electrons. The molecule has 3 N–H and O–H groups in total. The summed E-state index contributed by atoms with van der Waals surface area (Å²) in [6.45, 7) is 6.97. The second-order valence-electron chi connectivity index (χ2n) is 5.96. The number of carbonyl (C=O) groups is 1. The third kappa shape index (κ3) is 8.93. The zero-order valence-corrected chi connectivity index (χ0v) is 14.8. The molecule has 1 aromatic carbocycles. The fraction of sp³-hybridized carbons (Fsp3) is 0.500. The van der Waals surface area contributed by atoms with E-state index in [1.54, 1.807) is 19.2 Å². The Bertz CT molecular complexity index is 541. The van der Waals surface area contributed by atoms with Gasteiger partial charge < -0.3 is 20.7 Å². The van der Waals surface area contributed by atoms with E-state index in [2.05, 4.69) is 20.9 Å². The van der Waals surface area contributed by atoms with Gasteiger partial charge in [-0.1, -0.05) is 17.7 Å². The molecule has 23 heavy (non-hydrogen) atoms. The molecule has 0 atom stereocenters. The lowest BCUT2D eigenvalue weighted by atomic mass is 10.1. The van der Waals surface area contributed by atoms with E-state index in [9.17, 15) is 4.79 Å². The van der Waals surface area contributed by atoms with Gasteiger partial charge in [-0.15, -0.1) is 0 Å². The summed E-state index contributed by atoms with van der Waals surface area (Å²) in [6, 6.07) is 7.22. The zero-order chi connectivity index (χ0) is 17.3. The smallest absolute Gasteiger partial charge is 0.239 e. The van der Waals surface area contributed by atoms with Crippen molar-refractivity contribution in [2.45, 2.75) is 26.3 Å². The normalized spacial score (nSPS) is 11.8. The van der Waals surface area contributed by atoms with Crippen molar-refractivity contribution in [3.8, 4) is 5.75 Å². The second-order valence-corrected chi connectivity index (χ2v) is 6.39. The summed E-state index contributed by atoms with van der Waals surface area (Å²) in [5, 5.41) is 9.53. The maximum Gasteiger partial charge on any atom is 0.239 e. The Morgan fingerprint density at radius 3 is 2.65 bits per heavy atom. The fourth-order valence-corrected chi connectivity index (χ4v) is 1.92. The van der Waals surface area contributed by atoms with Gasteiger partial charge in [0.25, 0.3) is 0 Å². The number of hydrogen-bond donors (Lipinski definition) is 3. The molecule has 0 aromatic heterocycles. The summed E-state index contributed by atoms with van der Waals surface area (Å²) in [5.74, 6) is 1.17. The molecular formula is C16H25ClN4O2. The van der Waals surface area contributed by atoms with Crippen molar-refractivity contribution >= 4 is 23.5 Å². The predicted molar refractivity (Wildman–Crippen MR) is 94.2 cm³/mol. The van der Waals surface area contributed by atoms with Crippen LogP contribution in [-0.2, 0) is 4.79 Å². The van der Waals surface area contributed by atoms with E-state index in [0.717, 1.165) is 0 Å². The number of rotatable bonds is 6. The quantitative estimate of drug-likeness (QED) is 0.419. The van der Waals surface area contributed by atoms with Crippen molar-refractivity contribution < 1.29 is 9.53 Å². The average Bonchev–Trinajstić information content (AvgIpc) is 2.45. The Hall–Kier alpha value is -1.95. The third-order valence-electron chi connectivity index (χ3n) is 2.61. The van der Waals surface area contributed by atoms with Crippen LogP contribution >= 0.6 is 11.6 Å². The molecule has 0 aliphatic carbocycles. The number of nitrogens with zero attached hydrogens (tertiary/aromatic N) is 1. The molecule has 1 amide bonds. The Morgan fingerprint density at radius 1 is 1.30 bits per heavy atom. The number of carbonyl (C=O) groups excluding carboxylic acids is 1. The topological polar surface area (TPSA) is 74.8 Å². The van der Waals surface area contributed by atoms with Crippen LogP contribution in [0.4, 0.5) is 0 Å². The number of hydrogen-bond acceptors (Lipinski definition) is 3. The Morgan fingerprint density at radius 2 is 2.04 bits per heavy atom. The monoisotopic (exact) mass is 340 g/mol. The highest BCUT2D eigenvalue weighted by Crippen LogP contribution is 2.16. The van der Waals surface area contributed by atoms with Gasteiger partial charge >= 0.3 is 0 Å². The van der Waals surface area contributed by atoms with Crippen molar-refractivity contribution in [2.24, 2.45) is 4.99 Å². The Kier molecular flexibility index (Phi) is 7.68. The standard InChI is InChI=1S/C16H25ClN4O2/c1-16(2,3)21-14(22)11-20-15(18-4)19-8-9-23-13-7-5-6-12(17)10-13/h5-7,10H,8-9,11H2,1-4H3,(H,21,22)(H2,18,19,20). The largest absolute Gasteiger partial charge is 0.492 e. The van der Waals surface area contributed by atoms with E-state index in [1.165, 1.54) is 0 Å². The Labute approximate surface area is 142 Å². The summed E-state index contributed by atoms with van der Waals surface area (Å²) in [5.41, 5.74) is -0.249. The van der Waals surface area contributed by atoms with Gasteiger partial charge in [-0.25, -0.2) is 0 Å². The van der Waals surface area contributed by atoms with Crippen LogP contribution in [0.15, 0.2) is 29.3 Å². The molecule has 0 saturated heterocycles. The molecule has 1 aromatic rings. The van der Waals surface area contributed by atoms with Crippen molar-refractivity contribution in [2.75, 3.05) is 26.7 Å². The van der Waals surface area contributed by atoms with Gasteiger partial charge in [0, 0.05) is 17.6 Å². The van der Waals surface area contributed by atoms with Crippen molar-refractivity contribution in [1.29, 1.82) is 0 Å². The van der Waals surface area contributed by atoms with E-state index in [0.29, 0.717) is 29.9 Å². The summed E-state index contributed by atoms with van der Waals surface area (Å²) in [7, 11) is 1.65. The first-order chi connectivity index (χ1) is 10.8. The minimum absolute atomic E-state index is 0.0874. The summed E-state index contributed by atoms with van der Waals surface area (Å²) >= 11 is 5.88. The highest BCUT2D eigenvalue weighted by atomic mass is 35.5. The first-order valence-corrected chi connectivity index (χ1v) is 7.82. The lowest BCUT2D eigenvalue weighted by molar-refractivity contribution is -0.121. The zero-order valence-electron chi connectivity index (χ0n) is 14.1. The molecule has 0 fully saturated rings. The predicted octanol–water partition coefficient (Wildman–Crippen LogP) is 1.80. The number of amides is 1. The first kappa shape index (κ1) is 19.1. The highest BCUT2D eigenvalue weighted by Gasteiger charge is 2.13. The average molecular weight is 341 g/mol. The van der Waals surface area contributed by atoms with Crippen molar-refractivity contribution in [1.82, 2.24) is 16.0 Å². The molecule has 0 saturated carbocycles. The maximum absolute atomic E-state index is 11.7. The minimum atomic E-state index is -0.249. The number of nitrogens with one attached hydrogen (secondary N) is 3. The molecule has 0 aliphatic heterocycles. The molecular weight excluding hydrogens is 316 g/mol. The fourth-order valence-electron chi connectivity index (χ4n) is 1.74. The van der Waals surface area contributed by atoms with E-state index >= 15 is 0 Å². The molecule has 0 bridgehead atoms. The molecule has 128 valence electrons. The van der Waals surface area contributed by atoms with Crippen LogP contribution < -0.4 is 20.7 Å². The van der Waals surface area contributed by atoms with E-state index in [1.807, 2.05) is 32.9 Å². The SMILES string of the molecule is CN=C(NCCOc1cccc(Cl)c1)NCC(=O)NC(C)(C)C. The lowest BCUT2D eigenvalue weighted by Gasteiger charge is -2.21. The summed E-state index contributed by atoms with van der Waals surface area (Å²) in [4.78, 5) is 15.8. The number of halogens is 1. The van der Waals surface area contributed by atoms with Gasteiger partial charge in [-0.2, -0.15) is 0 Å². The van der Waals surface area contributed by atoms with Gasteiger partial charge in [0.1, 0.15) is 12.4 Å². The number of aliphatic imine (C=N–C) groups is 1. The summed E-state index contributed by atoms with van der Waals surface area (Å²) in [6.07, 6.45) is 0.